The van der Waals surface area contributed by atoms with Gasteiger partial charge in [0.1, 0.15) is 0 Å². The molecule has 1 atom stereocenters. The smallest absolute Gasteiger partial charge is 0.0491 e. The lowest BCUT2D eigenvalue weighted by molar-refractivity contribution is 0.444. The fourth-order valence-corrected chi connectivity index (χ4v) is 1.17. The Balaban J connectivity index is 2.36. The lowest BCUT2D eigenvalue weighted by atomic mass is 10.1. The first-order valence-electron chi connectivity index (χ1n) is 4.33. The van der Waals surface area contributed by atoms with E-state index in [0.717, 1.165) is 0 Å². The molecule has 1 unspecified atom stereocenters. The van der Waals surface area contributed by atoms with Crippen molar-refractivity contribution in [2.75, 3.05) is 0 Å². The van der Waals surface area contributed by atoms with Gasteiger partial charge < -0.3 is 0 Å². The summed E-state index contributed by atoms with van der Waals surface area (Å²) in [6.45, 7) is 4.43. The zero-order valence-corrected chi connectivity index (χ0v) is 7.33. The predicted octanol–water partition coefficient (Wildman–Crippen LogP) is 2.63. The molecule has 0 aliphatic heterocycles. The van der Waals surface area contributed by atoms with Crippen LogP contribution in [0.4, 0.5) is 0 Å². The van der Waals surface area contributed by atoms with Crippen LogP contribution >= 0.6 is 0 Å². The van der Waals surface area contributed by atoms with Gasteiger partial charge in [0.2, 0.25) is 0 Å². The molecule has 0 saturated carbocycles. The summed E-state index contributed by atoms with van der Waals surface area (Å²) < 4.78 is 2.02. The SMILES string of the molecule is CCCCC(C)n1cccn1. The van der Waals surface area contributed by atoms with Gasteiger partial charge in [-0.1, -0.05) is 19.8 Å². The van der Waals surface area contributed by atoms with Crippen molar-refractivity contribution in [1.82, 2.24) is 9.78 Å². The van der Waals surface area contributed by atoms with Crippen molar-refractivity contribution in [3.8, 4) is 0 Å². The van der Waals surface area contributed by atoms with Gasteiger partial charge in [0.15, 0.2) is 0 Å². The molecule has 1 rings (SSSR count). The van der Waals surface area contributed by atoms with E-state index in [1.807, 2.05) is 23.1 Å². The van der Waals surface area contributed by atoms with Crippen LogP contribution in [0.25, 0.3) is 0 Å². The lowest BCUT2D eigenvalue weighted by Crippen LogP contribution is -2.04. The fourth-order valence-electron chi connectivity index (χ4n) is 1.17. The molecule has 0 radical (unpaired) electrons. The molecule has 0 aromatic carbocycles. The van der Waals surface area contributed by atoms with Gasteiger partial charge in [-0.05, 0) is 19.4 Å². The number of hydrogen-bond donors (Lipinski definition) is 0. The average molecular weight is 152 g/mol. The molecule has 0 amide bonds. The molecular formula is C9H16N2. The standard InChI is InChI=1S/C9H16N2/c1-3-4-6-9(2)11-8-5-7-10-11/h5,7-9H,3-4,6H2,1-2H3. The van der Waals surface area contributed by atoms with E-state index in [4.69, 9.17) is 0 Å². The van der Waals surface area contributed by atoms with Crippen LogP contribution in [0.2, 0.25) is 0 Å². The molecule has 2 nitrogen and oxygen atoms in total. The normalized spacial score (nSPS) is 13.3. The minimum absolute atomic E-state index is 0.560. The maximum absolute atomic E-state index is 4.19. The van der Waals surface area contributed by atoms with Crippen LogP contribution in [0.15, 0.2) is 18.5 Å². The first-order valence-corrected chi connectivity index (χ1v) is 4.33. The van der Waals surface area contributed by atoms with Crippen molar-refractivity contribution in [3.05, 3.63) is 18.5 Å². The van der Waals surface area contributed by atoms with E-state index >= 15 is 0 Å². The Hall–Kier alpha value is -0.790. The number of nitrogens with zero attached hydrogens (tertiary/aromatic N) is 2. The molecular weight excluding hydrogens is 136 g/mol. The molecule has 2 heteroatoms. The summed E-state index contributed by atoms with van der Waals surface area (Å²) in [5.41, 5.74) is 0. The van der Waals surface area contributed by atoms with Gasteiger partial charge in [0.25, 0.3) is 0 Å². The Morgan fingerprint density at radius 3 is 2.91 bits per heavy atom. The number of rotatable bonds is 4. The zero-order valence-electron chi connectivity index (χ0n) is 7.33. The highest BCUT2D eigenvalue weighted by molar-refractivity contribution is 4.80. The van der Waals surface area contributed by atoms with Crippen molar-refractivity contribution in [2.24, 2.45) is 0 Å². The predicted molar refractivity (Wildman–Crippen MR) is 46.5 cm³/mol. The van der Waals surface area contributed by atoms with Gasteiger partial charge in [-0.2, -0.15) is 5.10 Å². The van der Waals surface area contributed by atoms with E-state index in [1.165, 1.54) is 19.3 Å². The Morgan fingerprint density at radius 2 is 2.36 bits per heavy atom. The Labute approximate surface area is 68.2 Å². The second kappa shape index (κ2) is 4.16. The topological polar surface area (TPSA) is 17.8 Å². The van der Waals surface area contributed by atoms with E-state index in [0.29, 0.717) is 6.04 Å². The van der Waals surface area contributed by atoms with Crippen LogP contribution in [-0.4, -0.2) is 9.78 Å². The van der Waals surface area contributed by atoms with Gasteiger partial charge in [-0.15, -0.1) is 0 Å². The first kappa shape index (κ1) is 8.31. The van der Waals surface area contributed by atoms with Crippen molar-refractivity contribution in [2.45, 2.75) is 39.2 Å². The Morgan fingerprint density at radius 1 is 1.55 bits per heavy atom. The van der Waals surface area contributed by atoms with Crippen LogP contribution in [0, 0.1) is 0 Å². The second-order valence-corrected chi connectivity index (χ2v) is 2.98. The van der Waals surface area contributed by atoms with E-state index in [-0.39, 0.29) is 0 Å². The van der Waals surface area contributed by atoms with Crippen LogP contribution in [0.5, 0.6) is 0 Å². The van der Waals surface area contributed by atoms with Crippen molar-refractivity contribution in [3.63, 3.8) is 0 Å². The van der Waals surface area contributed by atoms with E-state index in [9.17, 15) is 0 Å². The third kappa shape index (κ3) is 2.37. The largest absolute Gasteiger partial charge is 0.270 e. The van der Waals surface area contributed by atoms with E-state index in [2.05, 4.69) is 18.9 Å². The number of unbranched alkanes of at least 4 members (excludes halogenated alkanes) is 1. The Kier molecular flexibility index (Phi) is 3.14. The summed E-state index contributed by atoms with van der Waals surface area (Å²) in [5.74, 6) is 0. The first-order chi connectivity index (χ1) is 5.34. The lowest BCUT2D eigenvalue weighted by Gasteiger charge is -2.10. The van der Waals surface area contributed by atoms with Crippen LogP contribution in [0.3, 0.4) is 0 Å². The highest BCUT2D eigenvalue weighted by Crippen LogP contribution is 2.11. The van der Waals surface area contributed by atoms with Gasteiger partial charge in [-0.3, -0.25) is 4.68 Å². The Bertz CT molecular complexity index is 179. The number of hydrogen-bond acceptors (Lipinski definition) is 1. The van der Waals surface area contributed by atoms with Crippen LogP contribution in [-0.2, 0) is 0 Å². The monoisotopic (exact) mass is 152 g/mol. The van der Waals surface area contributed by atoms with Crippen LogP contribution < -0.4 is 0 Å². The summed E-state index contributed by atoms with van der Waals surface area (Å²) in [4.78, 5) is 0. The van der Waals surface area contributed by atoms with Gasteiger partial charge in [0.05, 0.1) is 0 Å². The van der Waals surface area contributed by atoms with E-state index < -0.39 is 0 Å². The average Bonchev–Trinajstić information content (AvgIpc) is 2.52. The summed E-state index contributed by atoms with van der Waals surface area (Å²) in [6, 6.07) is 2.53. The maximum atomic E-state index is 4.19. The molecule has 1 aromatic rings. The molecule has 0 spiro atoms. The zero-order chi connectivity index (χ0) is 8.10. The third-order valence-corrected chi connectivity index (χ3v) is 1.95. The molecule has 11 heavy (non-hydrogen) atoms. The molecule has 1 aromatic heterocycles. The van der Waals surface area contributed by atoms with Gasteiger partial charge in [-0.25, -0.2) is 0 Å². The second-order valence-electron chi connectivity index (χ2n) is 2.98. The summed E-state index contributed by atoms with van der Waals surface area (Å²) >= 11 is 0. The minimum atomic E-state index is 0.560. The fraction of sp³-hybridized carbons (Fsp3) is 0.667. The summed E-state index contributed by atoms with van der Waals surface area (Å²) in [7, 11) is 0. The molecule has 1 heterocycles. The van der Waals surface area contributed by atoms with Gasteiger partial charge >= 0.3 is 0 Å². The van der Waals surface area contributed by atoms with Crippen molar-refractivity contribution >= 4 is 0 Å². The quantitative estimate of drug-likeness (QED) is 0.648. The number of aromatic nitrogens is 2. The third-order valence-electron chi connectivity index (χ3n) is 1.95. The molecule has 0 aliphatic rings. The molecule has 0 bridgehead atoms. The molecule has 0 N–H and O–H groups in total. The summed E-state index contributed by atoms with van der Waals surface area (Å²) in [5, 5.41) is 4.19. The molecule has 0 aliphatic carbocycles. The van der Waals surface area contributed by atoms with Crippen molar-refractivity contribution < 1.29 is 0 Å². The minimum Gasteiger partial charge on any atom is -0.270 e. The molecule has 62 valence electrons. The summed E-state index contributed by atoms with van der Waals surface area (Å²) in [6.07, 6.45) is 7.66. The van der Waals surface area contributed by atoms with Crippen LogP contribution in [0.1, 0.15) is 39.2 Å². The highest BCUT2D eigenvalue weighted by atomic mass is 15.3. The van der Waals surface area contributed by atoms with E-state index in [1.54, 1.807) is 0 Å². The highest BCUT2D eigenvalue weighted by Gasteiger charge is 2.01. The van der Waals surface area contributed by atoms with Gasteiger partial charge in [0, 0.05) is 18.4 Å². The molecule has 0 saturated heterocycles. The molecule has 0 fully saturated rings. The van der Waals surface area contributed by atoms with Crippen molar-refractivity contribution in [1.29, 1.82) is 0 Å². The maximum Gasteiger partial charge on any atom is 0.0491 e.